The van der Waals surface area contributed by atoms with Crippen LogP contribution in [0.3, 0.4) is 0 Å². The second-order valence-corrected chi connectivity index (χ2v) is 8.86. The van der Waals surface area contributed by atoms with Crippen molar-refractivity contribution in [2.24, 2.45) is 0 Å². The van der Waals surface area contributed by atoms with Gasteiger partial charge in [-0.1, -0.05) is 32.4 Å². The fourth-order valence-corrected chi connectivity index (χ4v) is 5.32. The molecule has 0 saturated carbocycles. The molecule has 0 atom stereocenters. The SMILES string of the molecule is CCCc1sc(C(=O)OCc2csc(N(C(C)=O)c3ccccc3OC)n2)cc1CC. The molecule has 0 N–H and O–H groups in total. The number of rotatable bonds is 9. The summed E-state index contributed by atoms with van der Waals surface area (Å²) in [5.41, 5.74) is 2.42. The average molecular weight is 459 g/mol. The number of carbonyl (C=O) groups is 2. The van der Waals surface area contributed by atoms with Crippen molar-refractivity contribution in [2.75, 3.05) is 12.0 Å². The number of nitrogens with zero attached hydrogens (tertiary/aromatic N) is 2. The zero-order chi connectivity index (χ0) is 22.4. The fraction of sp³-hybridized carbons (Fsp3) is 0.348. The van der Waals surface area contributed by atoms with Gasteiger partial charge in [-0.2, -0.15) is 0 Å². The maximum atomic E-state index is 12.5. The molecule has 8 heteroatoms. The van der Waals surface area contributed by atoms with Gasteiger partial charge >= 0.3 is 5.97 Å². The lowest BCUT2D eigenvalue weighted by Crippen LogP contribution is -2.23. The van der Waals surface area contributed by atoms with Crippen LogP contribution in [0.5, 0.6) is 5.75 Å². The molecule has 1 aromatic carbocycles. The summed E-state index contributed by atoms with van der Waals surface area (Å²) in [7, 11) is 1.56. The van der Waals surface area contributed by atoms with E-state index in [-0.39, 0.29) is 18.5 Å². The summed E-state index contributed by atoms with van der Waals surface area (Å²) in [6.45, 7) is 5.75. The van der Waals surface area contributed by atoms with Crippen molar-refractivity contribution >= 4 is 45.4 Å². The predicted molar refractivity (Wildman–Crippen MR) is 125 cm³/mol. The van der Waals surface area contributed by atoms with Crippen LogP contribution in [0, 0.1) is 0 Å². The molecule has 0 aliphatic heterocycles. The van der Waals surface area contributed by atoms with Crippen molar-refractivity contribution < 1.29 is 19.1 Å². The zero-order valence-corrected chi connectivity index (χ0v) is 19.8. The third-order valence-corrected chi connectivity index (χ3v) is 6.77. The highest BCUT2D eigenvalue weighted by molar-refractivity contribution is 7.14. The summed E-state index contributed by atoms with van der Waals surface area (Å²) in [6, 6.07) is 9.21. The Hall–Kier alpha value is -2.71. The Labute approximate surface area is 190 Å². The van der Waals surface area contributed by atoms with E-state index in [4.69, 9.17) is 9.47 Å². The number of aromatic nitrogens is 1. The molecule has 6 nitrogen and oxygen atoms in total. The average Bonchev–Trinajstić information content (AvgIpc) is 3.39. The number of methoxy groups -OCH3 is 1. The Bertz CT molecular complexity index is 1060. The molecule has 3 aromatic rings. The molecule has 0 saturated heterocycles. The predicted octanol–water partition coefficient (Wildman–Crippen LogP) is 5.77. The largest absolute Gasteiger partial charge is 0.495 e. The Kier molecular flexibility index (Phi) is 7.81. The van der Waals surface area contributed by atoms with Gasteiger partial charge in [0.25, 0.3) is 0 Å². The standard InChI is InChI=1S/C23H26N2O4S2/c1-5-9-20-16(6-2)12-21(31-20)22(27)29-13-17-14-30-23(24-17)25(15(3)26)18-10-7-8-11-19(18)28-4/h7-8,10-12,14H,5-6,9,13H2,1-4H3. The van der Waals surface area contributed by atoms with Crippen LogP contribution in [-0.4, -0.2) is 24.0 Å². The van der Waals surface area contributed by atoms with Crippen molar-refractivity contribution in [3.63, 3.8) is 0 Å². The number of ether oxygens (including phenoxy) is 2. The van der Waals surface area contributed by atoms with Crippen LogP contribution in [-0.2, 0) is 29.0 Å². The molecule has 0 aliphatic carbocycles. The monoisotopic (exact) mass is 458 g/mol. The third-order valence-electron chi connectivity index (χ3n) is 4.68. The molecule has 2 heterocycles. The summed E-state index contributed by atoms with van der Waals surface area (Å²) in [5, 5.41) is 2.29. The maximum absolute atomic E-state index is 12.5. The van der Waals surface area contributed by atoms with Gasteiger partial charge in [-0.3, -0.25) is 9.69 Å². The molecule has 0 bridgehead atoms. The number of thiazole rings is 1. The topological polar surface area (TPSA) is 68.7 Å². The number of benzene rings is 1. The van der Waals surface area contributed by atoms with Crippen LogP contribution in [0.4, 0.5) is 10.8 Å². The van der Waals surface area contributed by atoms with E-state index in [2.05, 4.69) is 18.8 Å². The first-order valence-corrected chi connectivity index (χ1v) is 11.8. The van der Waals surface area contributed by atoms with Crippen LogP contribution in [0.1, 0.15) is 53.0 Å². The van der Waals surface area contributed by atoms with Gasteiger partial charge in [-0.15, -0.1) is 22.7 Å². The molecule has 164 valence electrons. The maximum Gasteiger partial charge on any atom is 0.348 e. The minimum absolute atomic E-state index is 0.0511. The number of carbonyl (C=O) groups excluding carboxylic acids is 2. The first kappa shape index (κ1) is 23.0. The lowest BCUT2D eigenvalue weighted by Gasteiger charge is -2.20. The Balaban J connectivity index is 1.73. The molecular formula is C23H26N2O4S2. The second kappa shape index (κ2) is 10.5. The number of amides is 1. The summed E-state index contributed by atoms with van der Waals surface area (Å²) in [5.74, 6) is 0.0504. The number of esters is 1. The van der Waals surface area contributed by atoms with E-state index in [1.165, 1.54) is 44.9 Å². The number of anilines is 2. The molecule has 0 aliphatic rings. The smallest absolute Gasteiger partial charge is 0.348 e. The quantitative estimate of drug-likeness (QED) is 0.381. The second-order valence-electron chi connectivity index (χ2n) is 6.89. The normalized spacial score (nSPS) is 10.7. The summed E-state index contributed by atoms with van der Waals surface area (Å²) in [4.78, 5) is 32.8. The van der Waals surface area contributed by atoms with Gasteiger partial charge in [0, 0.05) is 17.2 Å². The molecule has 2 aromatic heterocycles. The van der Waals surface area contributed by atoms with Crippen molar-refractivity contribution in [3.8, 4) is 5.75 Å². The lowest BCUT2D eigenvalue weighted by atomic mass is 10.1. The van der Waals surface area contributed by atoms with Gasteiger partial charge in [0.2, 0.25) is 5.91 Å². The van der Waals surface area contributed by atoms with E-state index >= 15 is 0 Å². The Morgan fingerprint density at radius 1 is 1.19 bits per heavy atom. The van der Waals surface area contributed by atoms with Gasteiger partial charge in [-0.25, -0.2) is 9.78 Å². The van der Waals surface area contributed by atoms with Crippen LogP contribution in [0.2, 0.25) is 0 Å². The van der Waals surface area contributed by atoms with Crippen LogP contribution >= 0.6 is 22.7 Å². The zero-order valence-electron chi connectivity index (χ0n) is 18.1. The highest BCUT2D eigenvalue weighted by Crippen LogP contribution is 2.35. The first-order valence-electron chi connectivity index (χ1n) is 10.1. The lowest BCUT2D eigenvalue weighted by molar-refractivity contribution is -0.115. The third kappa shape index (κ3) is 5.32. The van der Waals surface area contributed by atoms with Crippen LogP contribution in [0.25, 0.3) is 0 Å². The summed E-state index contributed by atoms with van der Waals surface area (Å²) >= 11 is 2.82. The van der Waals surface area contributed by atoms with Crippen LogP contribution < -0.4 is 9.64 Å². The molecule has 0 spiro atoms. The van der Waals surface area contributed by atoms with Gasteiger partial charge in [-0.05, 0) is 36.6 Å². The van der Waals surface area contributed by atoms with Crippen molar-refractivity contribution in [2.45, 2.75) is 46.6 Å². The number of aryl methyl sites for hydroxylation is 2. The van der Waals surface area contributed by atoms with E-state index in [1.54, 1.807) is 24.6 Å². The van der Waals surface area contributed by atoms with Crippen LogP contribution in [0.15, 0.2) is 35.7 Å². The number of hydrogen-bond acceptors (Lipinski definition) is 7. The van der Waals surface area contributed by atoms with Crippen molar-refractivity contribution in [1.29, 1.82) is 0 Å². The molecule has 0 fully saturated rings. The van der Waals surface area contributed by atoms with Gasteiger partial charge in [0.15, 0.2) is 5.13 Å². The van der Waals surface area contributed by atoms with Gasteiger partial charge in [0.1, 0.15) is 17.2 Å². The van der Waals surface area contributed by atoms with Crippen molar-refractivity contribution in [1.82, 2.24) is 4.98 Å². The highest BCUT2D eigenvalue weighted by Gasteiger charge is 2.22. The van der Waals surface area contributed by atoms with E-state index in [1.807, 2.05) is 18.2 Å². The van der Waals surface area contributed by atoms with Crippen molar-refractivity contribution in [3.05, 3.63) is 56.7 Å². The van der Waals surface area contributed by atoms with Gasteiger partial charge < -0.3 is 9.47 Å². The molecule has 1 amide bonds. The fourth-order valence-electron chi connectivity index (χ4n) is 3.20. The Morgan fingerprint density at radius 2 is 1.97 bits per heavy atom. The molecule has 31 heavy (non-hydrogen) atoms. The molecular weight excluding hydrogens is 432 g/mol. The van der Waals surface area contributed by atoms with E-state index in [0.29, 0.717) is 27.1 Å². The summed E-state index contributed by atoms with van der Waals surface area (Å²) < 4.78 is 10.9. The molecule has 0 unspecified atom stereocenters. The number of thiophene rings is 1. The minimum atomic E-state index is -0.343. The van der Waals surface area contributed by atoms with Gasteiger partial charge in [0.05, 0.1) is 18.5 Å². The van der Waals surface area contributed by atoms with E-state index < -0.39 is 0 Å². The number of hydrogen-bond donors (Lipinski definition) is 0. The molecule has 0 radical (unpaired) electrons. The van der Waals surface area contributed by atoms with E-state index in [9.17, 15) is 9.59 Å². The Morgan fingerprint density at radius 3 is 2.65 bits per heavy atom. The highest BCUT2D eigenvalue weighted by atomic mass is 32.1. The molecule has 3 rings (SSSR count). The van der Waals surface area contributed by atoms with E-state index in [0.717, 1.165) is 19.3 Å². The number of para-hydroxylation sites is 2. The first-order chi connectivity index (χ1) is 15.0. The summed E-state index contributed by atoms with van der Waals surface area (Å²) in [6.07, 6.45) is 2.92. The minimum Gasteiger partial charge on any atom is -0.495 e.